The molecule has 6 heteroatoms. The number of nitrogens with zero attached hydrogens (tertiary/aromatic N) is 2. The number of aliphatic hydroxyl groups excluding tert-OH is 1. The summed E-state index contributed by atoms with van der Waals surface area (Å²) in [5.41, 5.74) is 1.52. The molecule has 0 unspecified atom stereocenters. The van der Waals surface area contributed by atoms with E-state index in [1.807, 2.05) is 19.9 Å². The van der Waals surface area contributed by atoms with Crippen molar-refractivity contribution < 1.29 is 13.9 Å². The Labute approximate surface area is 99.1 Å². The molecule has 0 bridgehead atoms. The largest absolute Gasteiger partial charge is 0.390 e. The molecular weight excluding hydrogens is 228 g/mol. The van der Waals surface area contributed by atoms with Crippen molar-refractivity contribution in [2.45, 2.75) is 32.6 Å². The number of anilines is 1. The lowest BCUT2D eigenvalue weighted by Gasteiger charge is -2.15. The fourth-order valence-corrected chi connectivity index (χ4v) is 1.23. The highest BCUT2D eigenvalue weighted by molar-refractivity contribution is 5.29. The van der Waals surface area contributed by atoms with Gasteiger partial charge in [-0.05, 0) is 18.9 Å². The standard InChI is InChI=1S/C11H17F2N3O/c1-7(2)9-4-8(3)15-10(16-9)14-5-11(12,13)6-17/h4,7,17H,5-6H2,1-3H3,(H,14,15,16). The number of hydrogen-bond donors (Lipinski definition) is 2. The van der Waals surface area contributed by atoms with E-state index in [1.54, 1.807) is 6.92 Å². The number of alkyl halides is 2. The molecule has 17 heavy (non-hydrogen) atoms. The molecule has 1 heterocycles. The molecular formula is C11H17F2N3O. The van der Waals surface area contributed by atoms with E-state index in [2.05, 4.69) is 15.3 Å². The van der Waals surface area contributed by atoms with E-state index in [-0.39, 0.29) is 11.9 Å². The van der Waals surface area contributed by atoms with Gasteiger partial charge in [0.25, 0.3) is 5.92 Å². The zero-order chi connectivity index (χ0) is 13.1. The van der Waals surface area contributed by atoms with Crippen LogP contribution in [0.15, 0.2) is 6.07 Å². The van der Waals surface area contributed by atoms with E-state index in [1.165, 1.54) is 0 Å². The number of halogens is 2. The van der Waals surface area contributed by atoms with Crippen LogP contribution in [0.2, 0.25) is 0 Å². The first-order valence-electron chi connectivity index (χ1n) is 5.42. The van der Waals surface area contributed by atoms with E-state index < -0.39 is 19.1 Å². The van der Waals surface area contributed by atoms with E-state index >= 15 is 0 Å². The molecule has 1 rings (SSSR count). The first kappa shape index (κ1) is 13.8. The van der Waals surface area contributed by atoms with Crippen molar-refractivity contribution in [1.29, 1.82) is 0 Å². The minimum atomic E-state index is -3.16. The molecule has 0 aromatic carbocycles. The molecule has 0 aliphatic heterocycles. The minimum absolute atomic E-state index is 0.168. The number of aryl methyl sites for hydroxylation is 1. The van der Waals surface area contributed by atoms with Gasteiger partial charge in [-0.3, -0.25) is 0 Å². The van der Waals surface area contributed by atoms with Gasteiger partial charge in [0.05, 0.1) is 6.54 Å². The van der Waals surface area contributed by atoms with Crippen molar-refractivity contribution in [2.24, 2.45) is 0 Å². The summed E-state index contributed by atoms with van der Waals surface area (Å²) in [6.07, 6.45) is 0. The molecule has 1 aromatic heterocycles. The van der Waals surface area contributed by atoms with E-state index in [0.717, 1.165) is 11.4 Å². The van der Waals surface area contributed by atoms with Gasteiger partial charge in [-0.25, -0.2) is 18.7 Å². The van der Waals surface area contributed by atoms with Crippen molar-refractivity contribution in [3.8, 4) is 0 Å². The summed E-state index contributed by atoms with van der Waals surface area (Å²) in [5, 5.41) is 10.9. The van der Waals surface area contributed by atoms with Crippen molar-refractivity contribution in [3.05, 3.63) is 17.5 Å². The fraction of sp³-hybridized carbons (Fsp3) is 0.636. The van der Waals surface area contributed by atoms with Gasteiger partial charge < -0.3 is 10.4 Å². The number of rotatable bonds is 5. The third kappa shape index (κ3) is 4.22. The maximum atomic E-state index is 12.8. The maximum absolute atomic E-state index is 12.8. The topological polar surface area (TPSA) is 58.0 Å². The summed E-state index contributed by atoms with van der Waals surface area (Å²) in [6, 6.07) is 1.82. The van der Waals surface area contributed by atoms with Gasteiger partial charge in [0.2, 0.25) is 5.95 Å². The van der Waals surface area contributed by atoms with E-state index in [4.69, 9.17) is 5.11 Å². The Hall–Kier alpha value is -1.30. The van der Waals surface area contributed by atoms with Gasteiger partial charge in [-0.1, -0.05) is 13.8 Å². The van der Waals surface area contributed by atoms with Gasteiger partial charge in [0, 0.05) is 11.4 Å². The van der Waals surface area contributed by atoms with Crippen LogP contribution in [-0.4, -0.2) is 34.1 Å². The van der Waals surface area contributed by atoms with Crippen LogP contribution in [-0.2, 0) is 0 Å². The highest BCUT2D eigenvalue weighted by Gasteiger charge is 2.27. The Bertz CT molecular complexity index is 383. The molecule has 0 atom stereocenters. The number of nitrogens with one attached hydrogen (secondary N) is 1. The number of aliphatic hydroxyl groups is 1. The average molecular weight is 245 g/mol. The second-order valence-corrected chi connectivity index (χ2v) is 4.28. The lowest BCUT2D eigenvalue weighted by Crippen LogP contribution is -2.31. The SMILES string of the molecule is Cc1cc(C(C)C)nc(NCC(F)(F)CO)n1. The van der Waals surface area contributed by atoms with E-state index in [9.17, 15) is 8.78 Å². The molecule has 0 saturated carbocycles. The Morgan fingerprint density at radius 2 is 2.06 bits per heavy atom. The second kappa shape index (κ2) is 5.35. The Balaban J connectivity index is 2.78. The molecule has 0 aliphatic carbocycles. The summed E-state index contributed by atoms with van der Waals surface area (Å²) >= 11 is 0. The molecule has 2 N–H and O–H groups in total. The lowest BCUT2D eigenvalue weighted by atomic mass is 10.1. The summed E-state index contributed by atoms with van der Waals surface area (Å²) in [7, 11) is 0. The van der Waals surface area contributed by atoms with E-state index in [0.29, 0.717) is 0 Å². The lowest BCUT2D eigenvalue weighted by molar-refractivity contribution is -0.0374. The van der Waals surface area contributed by atoms with Crippen LogP contribution in [0.5, 0.6) is 0 Å². The molecule has 0 amide bonds. The molecule has 0 aliphatic rings. The van der Waals surface area contributed by atoms with Gasteiger partial charge >= 0.3 is 0 Å². The first-order valence-corrected chi connectivity index (χ1v) is 5.42. The molecule has 0 spiro atoms. The second-order valence-electron chi connectivity index (χ2n) is 4.28. The van der Waals surface area contributed by atoms with Crippen LogP contribution in [0.4, 0.5) is 14.7 Å². The smallest absolute Gasteiger partial charge is 0.287 e. The van der Waals surface area contributed by atoms with Crippen molar-refractivity contribution in [2.75, 3.05) is 18.5 Å². The zero-order valence-corrected chi connectivity index (χ0v) is 10.2. The summed E-state index contributed by atoms with van der Waals surface area (Å²) in [5.74, 6) is -2.79. The monoisotopic (exact) mass is 245 g/mol. The quantitative estimate of drug-likeness (QED) is 0.832. The third-order valence-electron chi connectivity index (χ3n) is 2.20. The average Bonchev–Trinajstić information content (AvgIpc) is 2.26. The Morgan fingerprint density at radius 1 is 1.41 bits per heavy atom. The molecule has 96 valence electrons. The molecule has 0 fully saturated rings. The van der Waals surface area contributed by atoms with Crippen LogP contribution in [0.3, 0.4) is 0 Å². The fourth-order valence-electron chi connectivity index (χ4n) is 1.23. The first-order chi connectivity index (χ1) is 7.84. The van der Waals surface area contributed by atoms with Gasteiger partial charge in [0.15, 0.2) is 0 Å². The van der Waals surface area contributed by atoms with Gasteiger partial charge in [-0.15, -0.1) is 0 Å². The van der Waals surface area contributed by atoms with Crippen molar-refractivity contribution >= 4 is 5.95 Å². The number of aromatic nitrogens is 2. The normalized spacial score (nSPS) is 11.9. The van der Waals surface area contributed by atoms with Crippen LogP contribution in [0.1, 0.15) is 31.2 Å². The maximum Gasteiger partial charge on any atom is 0.287 e. The minimum Gasteiger partial charge on any atom is -0.390 e. The summed E-state index contributed by atoms with van der Waals surface area (Å²) in [6.45, 7) is 3.85. The summed E-state index contributed by atoms with van der Waals surface area (Å²) < 4.78 is 25.7. The van der Waals surface area contributed by atoms with Crippen molar-refractivity contribution in [1.82, 2.24) is 9.97 Å². The molecule has 1 aromatic rings. The predicted octanol–water partition coefficient (Wildman–Crippen LogP) is 1.95. The Kier molecular flexibility index (Phi) is 4.34. The van der Waals surface area contributed by atoms with Crippen molar-refractivity contribution in [3.63, 3.8) is 0 Å². The summed E-state index contributed by atoms with van der Waals surface area (Å²) in [4.78, 5) is 8.15. The zero-order valence-electron chi connectivity index (χ0n) is 10.2. The van der Waals surface area contributed by atoms with Gasteiger partial charge in [0.1, 0.15) is 6.61 Å². The van der Waals surface area contributed by atoms with Crippen LogP contribution >= 0.6 is 0 Å². The molecule has 0 radical (unpaired) electrons. The molecule has 4 nitrogen and oxygen atoms in total. The van der Waals surface area contributed by atoms with Crippen LogP contribution < -0.4 is 5.32 Å². The number of hydrogen-bond acceptors (Lipinski definition) is 4. The Morgan fingerprint density at radius 3 is 2.59 bits per heavy atom. The molecule has 0 saturated heterocycles. The third-order valence-corrected chi connectivity index (χ3v) is 2.20. The van der Waals surface area contributed by atoms with Crippen LogP contribution in [0, 0.1) is 6.92 Å². The predicted molar refractivity (Wildman–Crippen MR) is 61.4 cm³/mol. The highest BCUT2D eigenvalue weighted by Crippen LogP contribution is 2.16. The highest BCUT2D eigenvalue weighted by atomic mass is 19.3. The van der Waals surface area contributed by atoms with Crippen LogP contribution in [0.25, 0.3) is 0 Å². The van der Waals surface area contributed by atoms with Gasteiger partial charge in [-0.2, -0.15) is 0 Å².